The normalized spacial score (nSPS) is 10.8. The van der Waals surface area contributed by atoms with Crippen LogP contribution >= 0.6 is 0 Å². The topological polar surface area (TPSA) is 62.3 Å². The third kappa shape index (κ3) is 1.42. The van der Waals surface area contributed by atoms with E-state index in [0.717, 1.165) is 10.8 Å². The van der Waals surface area contributed by atoms with Crippen molar-refractivity contribution < 1.29 is 0 Å². The molecule has 0 saturated heterocycles. The number of nitrogens with one attached hydrogen (secondary N) is 1. The molecule has 0 aliphatic carbocycles. The van der Waals surface area contributed by atoms with Crippen LogP contribution in [0.2, 0.25) is 0 Å². The fourth-order valence-corrected chi connectivity index (χ4v) is 2.03. The summed E-state index contributed by atoms with van der Waals surface area (Å²) in [7, 11) is 0. The Morgan fingerprint density at radius 3 is 2.47 bits per heavy atom. The van der Waals surface area contributed by atoms with Gasteiger partial charge in [0.2, 0.25) is 0 Å². The minimum absolute atomic E-state index is 0.125. The molecule has 17 heavy (non-hydrogen) atoms. The molecule has 1 aromatic heterocycles. The van der Waals surface area contributed by atoms with Gasteiger partial charge in [-0.3, -0.25) is 4.79 Å². The Morgan fingerprint density at radius 1 is 0.941 bits per heavy atom. The van der Waals surface area contributed by atoms with Gasteiger partial charge in [0.15, 0.2) is 0 Å². The van der Waals surface area contributed by atoms with Crippen LogP contribution in [0, 0.1) is 4.91 Å². The standard InChI is InChI=1S/C13H8N2O2/c16-13-10-4-2-1-3-9(10)11-7-8(15-17)5-6-12(11)14-13/h1-7H,(H,14,16). The molecule has 4 nitrogen and oxygen atoms in total. The summed E-state index contributed by atoms with van der Waals surface area (Å²) in [5.74, 6) is 0. The average molecular weight is 224 g/mol. The van der Waals surface area contributed by atoms with Crippen LogP contribution in [0.15, 0.2) is 52.4 Å². The smallest absolute Gasteiger partial charge is 0.256 e. The Labute approximate surface area is 95.9 Å². The molecule has 2 aromatic carbocycles. The highest BCUT2D eigenvalue weighted by Gasteiger charge is 2.05. The second kappa shape index (κ2) is 3.52. The number of rotatable bonds is 1. The van der Waals surface area contributed by atoms with Crippen LogP contribution < -0.4 is 5.56 Å². The number of H-pyrrole nitrogens is 1. The van der Waals surface area contributed by atoms with Crippen LogP contribution in [0.4, 0.5) is 5.69 Å². The van der Waals surface area contributed by atoms with E-state index in [-0.39, 0.29) is 5.56 Å². The number of hydrogen-bond donors (Lipinski definition) is 1. The Morgan fingerprint density at radius 2 is 1.71 bits per heavy atom. The third-order valence-corrected chi connectivity index (χ3v) is 2.82. The van der Waals surface area contributed by atoms with Gasteiger partial charge in [-0.15, -0.1) is 4.91 Å². The van der Waals surface area contributed by atoms with Crippen molar-refractivity contribution >= 4 is 27.4 Å². The molecular formula is C13H8N2O2. The van der Waals surface area contributed by atoms with Crippen LogP contribution in [0.3, 0.4) is 0 Å². The van der Waals surface area contributed by atoms with Crippen molar-refractivity contribution in [3.8, 4) is 0 Å². The molecule has 0 spiro atoms. The van der Waals surface area contributed by atoms with E-state index in [0.29, 0.717) is 16.6 Å². The van der Waals surface area contributed by atoms with Crippen molar-refractivity contribution in [2.45, 2.75) is 0 Å². The lowest BCUT2D eigenvalue weighted by molar-refractivity contribution is 1.34. The predicted molar refractivity (Wildman–Crippen MR) is 67.5 cm³/mol. The van der Waals surface area contributed by atoms with Gasteiger partial charge in [-0.25, -0.2) is 0 Å². The second-order valence-electron chi connectivity index (χ2n) is 3.82. The van der Waals surface area contributed by atoms with E-state index in [9.17, 15) is 9.70 Å². The molecule has 3 aromatic rings. The first-order chi connectivity index (χ1) is 8.29. The van der Waals surface area contributed by atoms with Gasteiger partial charge in [0, 0.05) is 16.3 Å². The summed E-state index contributed by atoms with van der Waals surface area (Å²) >= 11 is 0. The minimum Gasteiger partial charge on any atom is -0.321 e. The molecule has 0 amide bonds. The highest BCUT2D eigenvalue weighted by molar-refractivity contribution is 6.06. The van der Waals surface area contributed by atoms with Gasteiger partial charge in [-0.1, -0.05) is 18.2 Å². The lowest BCUT2D eigenvalue weighted by atomic mass is 10.1. The number of aromatic amines is 1. The van der Waals surface area contributed by atoms with E-state index >= 15 is 0 Å². The van der Waals surface area contributed by atoms with Gasteiger partial charge >= 0.3 is 0 Å². The molecule has 0 saturated carbocycles. The van der Waals surface area contributed by atoms with Crippen molar-refractivity contribution in [1.82, 2.24) is 4.98 Å². The molecule has 0 radical (unpaired) electrons. The van der Waals surface area contributed by atoms with Crippen molar-refractivity contribution in [2.24, 2.45) is 5.18 Å². The minimum atomic E-state index is -0.125. The molecule has 0 unspecified atom stereocenters. The summed E-state index contributed by atoms with van der Waals surface area (Å²) in [5, 5.41) is 5.18. The third-order valence-electron chi connectivity index (χ3n) is 2.82. The number of nitrogens with zero attached hydrogens (tertiary/aromatic N) is 1. The molecule has 82 valence electrons. The fraction of sp³-hybridized carbons (Fsp3) is 0. The number of nitroso groups, excluding NO2 is 1. The van der Waals surface area contributed by atoms with E-state index in [1.807, 2.05) is 18.2 Å². The maximum Gasteiger partial charge on any atom is 0.256 e. The van der Waals surface area contributed by atoms with Crippen LogP contribution in [-0.4, -0.2) is 4.98 Å². The van der Waals surface area contributed by atoms with Gasteiger partial charge in [0.05, 0.1) is 0 Å². The number of benzene rings is 2. The predicted octanol–water partition coefficient (Wildman–Crippen LogP) is 3.08. The Bertz CT molecular complexity index is 790. The fourth-order valence-electron chi connectivity index (χ4n) is 2.03. The molecule has 4 heteroatoms. The van der Waals surface area contributed by atoms with E-state index in [1.54, 1.807) is 24.3 Å². The summed E-state index contributed by atoms with van der Waals surface area (Å²) < 4.78 is 0. The molecule has 0 atom stereocenters. The number of pyridine rings is 1. The molecule has 0 bridgehead atoms. The van der Waals surface area contributed by atoms with Crippen LogP contribution in [0.25, 0.3) is 21.7 Å². The van der Waals surface area contributed by atoms with Crippen LogP contribution in [0.5, 0.6) is 0 Å². The molecule has 0 fully saturated rings. The van der Waals surface area contributed by atoms with E-state index in [1.165, 1.54) is 0 Å². The number of fused-ring (bicyclic) bond motifs is 3. The van der Waals surface area contributed by atoms with Crippen molar-refractivity contribution in [3.63, 3.8) is 0 Å². The van der Waals surface area contributed by atoms with Crippen molar-refractivity contribution in [1.29, 1.82) is 0 Å². The average Bonchev–Trinajstić information content (AvgIpc) is 2.39. The summed E-state index contributed by atoms with van der Waals surface area (Å²) in [4.78, 5) is 25.1. The van der Waals surface area contributed by atoms with Crippen molar-refractivity contribution in [2.75, 3.05) is 0 Å². The quantitative estimate of drug-likeness (QED) is 0.510. The van der Waals surface area contributed by atoms with Gasteiger partial charge in [-0.05, 0) is 34.8 Å². The van der Waals surface area contributed by atoms with Crippen LogP contribution in [0.1, 0.15) is 0 Å². The summed E-state index contributed by atoms with van der Waals surface area (Å²) in [6, 6.07) is 12.3. The first-order valence-electron chi connectivity index (χ1n) is 5.18. The van der Waals surface area contributed by atoms with Crippen molar-refractivity contribution in [3.05, 3.63) is 57.7 Å². The highest BCUT2D eigenvalue weighted by Crippen LogP contribution is 2.25. The van der Waals surface area contributed by atoms with Crippen LogP contribution in [-0.2, 0) is 0 Å². The first-order valence-corrected chi connectivity index (χ1v) is 5.18. The molecule has 3 rings (SSSR count). The van der Waals surface area contributed by atoms with Gasteiger partial charge in [-0.2, -0.15) is 0 Å². The second-order valence-corrected chi connectivity index (χ2v) is 3.82. The summed E-state index contributed by atoms with van der Waals surface area (Å²) in [5.41, 5.74) is 0.940. The van der Waals surface area contributed by atoms with E-state index in [2.05, 4.69) is 10.2 Å². The number of hydrogen-bond acceptors (Lipinski definition) is 3. The molecule has 1 heterocycles. The Hall–Kier alpha value is -2.49. The lowest BCUT2D eigenvalue weighted by Crippen LogP contribution is -2.05. The summed E-state index contributed by atoms with van der Waals surface area (Å²) in [6.07, 6.45) is 0. The molecular weight excluding hydrogens is 216 g/mol. The molecule has 0 aliphatic heterocycles. The van der Waals surface area contributed by atoms with Gasteiger partial charge in [0.25, 0.3) is 5.56 Å². The van der Waals surface area contributed by atoms with E-state index < -0.39 is 0 Å². The maximum atomic E-state index is 11.8. The maximum absolute atomic E-state index is 11.8. The Kier molecular flexibility index (Phi) is 2.01. The zero-order valence-electron chi connectivity index (χ0n) is 8.81. The SMILES string of the molecule is O=Nc1ccc2[nH]c(=O)c3ccccc3c2c1. The largest absolute Gasteiger partial charge is 0.321 e. The van der Waals surface area contributed by atoms with Gasteiger partial charge < -0.3 is 4.98 Å². The highest BCUT2D eigenvalue weighted by atomic mass is 16.3. The summed E-state index contributed by atoms with van der Waals surface area (Å²) in [6.45, 7) is 0. The lowest BCUT2D eigenvalue weighted by Gasteiger charge is -2.03. The molecule has 0 aliphatic rings. The van der Waals surface area contributed by atoms with Gasteiger partial charge in [0.1, 0.15) is 5.69 Å². The van der Waals surface area contributed by atoms with E-state index in [4.69, 9.17) is 0 Å². The number of aromatic nitrogens is 1. The monoisotopic (exact) mass is 224 g/mol. The zero-order chi connectivity index (χ0) is 11.8. The Balaban J connectivity index is 2.60. The first kappa shape index (κ1) is 9.72. The zero-order valence-corrected chi connectivity index (χ0v) is 8.81. The molecule has 1 N–H and O–H groups in total.